The van der Waals surface area contributed by atoms with Gasteiger partial charge in [0, 0.05) is 6.61 Å². The summed E-state index contributed by atoms with van der Waals surface area (Å²) in [5.41, 5.74) is 0. The van der Waals surface area contributed by atoms with Crippen molar-refractivity contribution in [2.24, 2.45) is 0 Å². The molecule has 0 rings (SSSR count). The first kappa shape index (κ1) is 12.1. The molecule has 12 heavy (non-hydrogen) atoms. The Labute approximate surface area is 77.9 Å². The average molecular weight is 192 g/mol. The summed E-state index contributed by atoms with van der Waals surface area (Å²) in [4.78, 5) is 0. The second kappa shape index (κ2) is 7.73. The van der Waals surface area contributed by atoms with Crippen LogP contribution in [0.5, 0.6) is 0 Å². The molecule has 3 nitrogen and oxygen atoms in total. The maximum absolute atomic E-state index is 5.44. The van der Waals surface area contributed by atoms with Gasteiger partial charge in [-0.15, -0.1) is 0 Å². The highest BCUT2D eigenvalue weighted by Crippen LogP contribution is 2.04. The highest BCUT2D eigenvalue weighted by molar-refractivity contribution is 5.98. The fraction of sp³-hybridized carbons (Fsp3) is 1.00. The van der Waals surface area contributed by atoms with Crippen LogP contribution in [-0.2, 0) is 13.9 Å². The summed E-state index contributed by atoms with van der Waals surface area (Å²) in [5.74, 6) is 0. The van der Waals surface area contributed by atoms with Gasteiger partial charge < -0.3 is 13.9 Å². The van der Waals surface area contributed by atoms with Gasteiger partial charge in [0.25, 0.3) is 0 Å². The van der Waals surface area contributed by atoms with Crippen molar-refractivity contribution < 1.29 is 13.9 Å². The van der Waals surface area contributed by atoms with Gasteiger partial charge in [-0.3, -0.25) is 0 Å². The van der Waals surface area contributed by atoms with Crippen LogP contribution in [-0.4, -0.2) is 29.7 Å². The molecule has 0 N–H and O–H groups in total. The fourth-order valence-corrected chi connectivity index (χ4v) is 1.30. The third-order valence-electron chi connectivity index (χ3n) is 1.50. The Hall–Kier alpha value is 0.0969. The predicted molar refractivity (Wildman–Crippen MR) is 51.9 cm³/mol. The van der Waals surface area contributed by atoms with Crippen LogP contribution < -0.4 is 0 Å². The minimum atomic E-state index is -0.149. The molecule has 0 fully saturated rings. The minimum absolute atomic E-state index is 0.0801. The Bertz CT molecular complexity index is 96.3. The van der Waals surface area contributed by atoms with Gasteiger partial charge in [-0.25, -0.2) is 0 Å². The predicted octanol–water partition coefficient (Wildman–Crippen LogP) is 0.809. The van der Waals surface area contributed by atoms with Gasteiger partial charge in [-0.1, -0.05) is 13.8 Å². The molecule has 0 radical (unpaired) electrons. The largest absolute Gasteiger partial charge is 0.404 e. The van der Waals surface area contributed by atoms with Crippen LogP contribution in [0, 0.1) is 0 Å². The summed E-state index contributed by atoms with van der Waals surface area (Å²) in [7, 11) is 0.712. The molecule has 0 aromatic heterocycles. The zero-order valence-electron chi connectivity index (χ0n) is 8.50. The number of rotatable bonds is 7. The van der Waals surface area contributed by atoms with Crippen molar-refractivity contribution in [3.63, 3.8) is 0 Å². The maximum atomic E-state index is 5.44. The van der Waals surface area contributed by atoms with Crippen LogP contribution in [0.1, 0.15) is 33.6 Å². The molecule has 0 aromatic rings. The smallest absolute Gasteiger partial charge is 0.157 e. The first-order chi connectivity index (χ1) is 5.74. The number of hydrogen-bond acceptors (Lipinski definition) is 3. The van der Waals surface area contributed by atoms with E-state index in [1.54, 1.807) is 0 Å². The first-order valence-electron chi connectivity index (χ1n) is 4.54. The molecule has 0 aliphatic carbocycles. The summed E-state index contributed by atoms with van der Waals surface area (Å²) < 4.78 is 16.0. The highest BCUT2D eigenvalue weighted by atomic mass is 28.2. The van der Waals surface area contributed by atoms with E-state index in [0.29, 0.717) is 10.5 Å². The van der Waals surface area contributed by atoms with Crippen molar-refractivity contribution in [2.75, 3.05) is 6.61 Å². The SMILES string of the molecule is CCCOC(C)OC(CC)O[SiH3]. The molecule has 0 aliphatic heterocycles. The molecule has 2 atom stereocenters. The molecule has 0 amide bonds. The summed E-state index contributed by atoms with van der Waals surface area (Å²) >= 11 is 0. The summed E-state index contributed by atoms with van der Waals surface area (Å²) in [6.45, 7) is 6.76. The Balaban J connectivity index is 3.44. The van der Waals surface area contributed by atoms with Crippen molar-refractivity contribution in [1.82, 2.24) is 0 Å². The number of ether oxygens (including phenoxy) is 2. The maximum Gasteiger partial charge on any atom is 0.157 e. The van der Waals surface area contributed by atoms with E-state index in [0.717, 1.165) is 19.4 Å². The molecule has 0 heterocycles. The third-order valence-corrected chi connectivity index (χ3v) is 2.02. The highest BCUT2D eigenvalue weighted by Gasteiger charge is 2.08. The molecule has 74 valence electrons. The van der Waals surface area contributed by atoms with E-state index in [2.05, 4.69) is 6.92 Å². The van der Waals surface area contributed by atoms with E-state index < -0.39 is 0 Å². The van der Waals surface area contributed by atoms with Gasteiger partial charge in [0.2, 0.25) is 0 Å². The molecule has 0 aliphatic rings. The Morgan fingerprint density at radius 1 is 1.33 bits per heavy atom. The van der Waals surface area contributed by atoms with Crippen LogP contribution in [0.4, 0.5) is 0 Å². The van der Waals surface area contributed by atoms with E-state index in [1.165, 1.54) is 0 Å². The van der Waals surface area contributed by atoms with E-state index >= 15 is 0 Å². The Kier molecular flexibility index (Phi) is 7.79. The molecular weight excluding hydrogens is 172 g/mol. The lowest BCUT2D eigenvalue weighted by atomic mass is 10.5. The average Bonchev–Trinajstić information content (AvgIpc) is 2.10. The van der Waals surface area contributed by atoms with Gasteiger partial charge in [-0.05, 0) is 19.8 Å². The quantitative estimate of drug-likeness (QED) is 0.441. The van der Waals surface area contributed by atoms with Crippen molar-refractivity contribution in [2.45, 2.75) is 46.2 Å². The zero-order chi connectivity index (χ0) is 9.40. The van der Waals surface area contributed by atoms with Gasteiger partial charge in [0.05, 0.1) is 0 Å². The van der Waals surface area contributed by atoms with Gasteiger partial charge in [-0.2, -0.15) is 0 Å². The van der Waals surface area contributed by atoms with Crippen LogP contribution in [0.25, 0.3) is 0 Å². The summed E-state index contributed by atoms with van der Waals surface area (Å²) in [5, 5.41) is 0. The normalized spacial score (nSPS) is 16.2. The lowest BCUT2D eigenvalue weighted by Gasteiger charge is -2.20. The second-order valence-electron chi connectivity index (χ2n) is 2.65. The molecule has 0 saturated carbocycles. The lowest BCUT2D eigenvalue weighted by molar-refractivity contribution is -0.210. The van der Waals surface area contributed by atoms with E-state index in [4.69, 9.17) is 13.9 Å². The van der Waals surface area contributed by atoms with Gasteiger partial charge in [0.15, 0.2) is 6.29 Å². The van der Waals surface area contributed by atoms with Crippen LogP contribution >= 0.6 is 0 Å². The van der Waals surface area contributed by atoms with Crippen molar-refractivity contribution in [1.29, 1.82) is 0 Å². The summed E-state index contributed by atoms with van der Waals surface area (Å²) in [6, 6.07) is 0. The molecule has 0 spiro atoms. The fourth-order valence-electron chi connectivity index (χ4n) is 0.855. The Morgan fingerprint density at radius 2 is 2.00 bits per heavy atom. The molecule has 2 unspecified atom stereocenters. The van der Waals surface area contributed by atoms with Crippen molar-refractivity contribution in [3.8, 4) is 0 Å². The van der Waals surface area contributed by atoms with Crippen LogP contribution in [0.15, 0.2) is 0 Å². The minimum Gasteiger partial charge on any atom is -0.404 e. The zero-order valence-corrected chi connectivity index (χ0v) is 10.5. The standard InChI is InChI=1S/C8H20O3Si/c1-4-6-9-7(3)10-8(5-2)11-12/h7-8H,4-6H2,1-3,12H3. The monoisotopic (exact) mass is 192 g/mol. The first-order valence-corrected chi connectivity index (χ1v) is 5.36. The molecule has 4 heteroatoms. The Morgan fingerprint density at radius 3 is 2.42 bits per heavy atom. The lowest BCUT2D eigenvalue weighted by Crippen LogP contribution is -2.23. The molecular formula is C8H20O3Si. The van der Waals surface area contributed by atoms with Crippen LogP contribution in [0.3, 0.4) is 0 Å². The van der Waals surface area contributed by atoms with E-state index in [-0.39, 0.29) is 12.6 Å². The third kappa shape index (κ3) is 5.71. The second-order valence-corrected chi connectivity index (χ2v) is 3.12. The van der Waals surface area contributed by atoms with Crippen molar-refractivity contribution >= 4 is 10.5 Å². The van der Waals surface area contributed by atoms with E-state index in [1.807, 2.05) is 13.8 Å². The molecule has 0 saturated heterocycles. The topological polar surface area (TPSA) is 27.7 Å². The van der Waals surface area contributed by atoms with E-state index in [9.17, 15) is 0 Å². The molecule has 0 bridgehead atoms. The summed E-state index contributed by atoms with van der Waals surface area (Å²) in [6.07, 6.45) is 1.67. The van der Waals surface area contributed by atoms with Crippen molar-refractivity contribution in [3.05, 3.63) is 0 Å². The molecule has 0 aromatic carbocycles. The number of hydrogen-bond donors (Lipinski definition) is 0. The van der Waals surface area contributed by atoms with Crippen LogP contribution in [0.2, 0.25) is 0 Å². The van der Waals surface area contributed by atoms with Gasteiger partial charge >= 0.3 is 0 Å². The van der Waals surface area contributed by atoms with Gasteiger partial charge in [0.1, 0.15) is 16.8 Å².